The third-order valence-electron chi connectivity index (χ3n) is 5.02. The van der Waals surface area contributed by atoms with Gasteiger partial charge in [0, 0.05) is 18.3 Å². The van der Waals surface area contributed by atoms with Gasteiger partial charge in [-0.3, -0.25) is 14.6 Å². The summed E-state index contributed by atoms with van der Waals surface area (Å²) >= 11 is 0. The summed E-state index contributed by atoms with van der Waals surface area (Å²) in [6, 6.07) is 12.8. The summed E-state index contributed by atoms with van der Waals surface area (Å²) in [4.78, 5) is 29.0. The molecular weight excluding hydrogens is 350 g/mol. The third-order valence-corrected chi connectivity index (χ3v) is 5.02. The quantitative estimate of drug-likeness (QED) is 0.711. The van der Waals surface area contributed by atoms with E-state index in [1.54, 1.807) is 12.1 Å². The molecule has 2 amide bonds. The lowest BCUT2D eigenvalue weighted by atomic mass is 9.97. The molecule has 1 aliphatic carbocycles. The molecule has 3 rings (SSSR count). The Bertz CT molecular complexity index is 846. The maximum atomic E-state index is 12.5. The fourth-order valence-electron chi connectivity index (χ4n) is 3.36. The smallest absolute Gasteiger partial charge is 0.269 e. The van der Waals surface area contributed by atoms with Crippen LogP contribution in [-0.2, 0) is 0 Å². The highest BCUT2D eigenvalue weighted by molar-refractivity contribution is 5.98. The molecule has 0 bridgehead atoms. The van der Waals surface area contributed by atoms with Crippen LogP contribution in [0.25, 0.3) is 0 Å². The number of hydrogen-bond acceptors (Lipinski definition) is 3. The van der Waals surface area contributed by atoms with E-state index >= 15 is 0 Å². The number of nitrogens with one attached hydrogen (secondary N) is 2. The second kappa shape index (κ2) is 9.83. The predicted molar refractivity (Wildman–Crippen MR) is 110 cm³/mol. The molecule has 0 saturated heterocycles. The normalized spacial score (nSPS) is 14.7. The number of hydrogen-bond donors (Lipinski definition) is 2. The van der Waals surface area contributed by atoms with Crippen LogP contribution >= 0.6 is 0 Å². The monoisotopic (exact) mass is 377 g/mol. The highest BCUT2D eigenvalue weighted by Gasteiger charge is 2.14. The van der Waals surface area contributed by atoms with Crippen molar-refractivity contribution in [1.29, 1.82) is 0 Å². The van der Waals surface area contributed by atoms with E-state index in [0.717, 1.165) is 24.8 Å². The van der Waals surface area contributed by atoms with Gasteiger partial charge in [0.2, 0.25) is 0 Å². The molecule has 2 aromatic rings. The lowest BCUT2D eigenvalue weighted by molar-refractivity contribution is 0.0939. The third kappa shape index (κ3) is 5.52. The van der Waals surface area contributed by atoms with Gasteiger partial charge < -0.3 is 10.6 Å². The lowest BCUT2D eigenvalue weighted by Crippen LogP contribution is -2.28. The van der Waals surface area contributed by atoms with Crippen LogP contribution in [0.2, 0.25) is 0 Å². The molecule has 0 aliphatic heterocycles. The van der Waals surface area contributed by atoms with Gasteiger partial charge in [0.25, 0.3) is 11.8 Å². The summed E-state index contributed by atoms with van der Waals surface area (Å²) in [5.41, 5.74) is 3.14. The molecule has 5 heteroatoms. The Morgan fingerprint density at radius 2 is 1.93 bits per heavy atom. The Morgan fingerprint density at radius 3 is 2.68 bits per heavy atom. The minimum Gasteiger partial charge on any atom is -0.350 e. The number of carbonyl (C=O) groups is 2. The fraction of sp³-hybridized carbons (Fsp3) is 0.348. The summed E-state index contributed by atoms with van der Waals surface area (Å²) < 4.78 is 0. The van der Waals surface area contributed by atoms with Gasteiger partial charge in [-0.1, -0.05) is 42.0 Å². The Hall–Kier alpha value is -2.95. The SMILES string of the molecule is CC(NC(=O)c1ccnc(C(=O)NCCC2=CCCCC2)c1)c1ccccc1. The zero-order valence-corrected chi connectivity index (χ0v) is 16.3. The Morgan fingerprint density at radius 1 is 1.11 bits per heavy atom. The van der Waals surface area contributed by atoms with Crippen LogP contribution in [0.4, 0.5) is 0 Å². The average molecular weight is 377 g/mol. The van der Waals surface area contributed by atoms with Crippen molar-refractivity contribution in [2.75, 3.05) is 6.54 Å². The van der Waals surface area contributed by atoms with E-state index in [1.165, 1.54) is 24.6 Å². The van der Waals surface area contributed by atoms with Gasteiger partial charge in [0.1, 0.15) is 5.69 Å². The molecule has 1 aromatic heterocycles. The number of amides is 2. The van der Waals surface area contributed by atoms with E-state index in [-0.39, 0.29) is 23.6 Å². The van der Waals surface area contributed by atoms with Crippen LogP contribution in [0.1, 0.15) is 71.5 Å². The van der Waals surface area contributed by atoms with Crippen molar-refractivity contribution in [3.05, 3.63) is 77.1 Å². The molecule has 1 aromatic carbocycles. The number of benzene rings is 1. The number of allylic oxidation sites excluding steroid dienone is 1. The molecule has 0 fully saturated rings. The minimum absolute atomic E-state index is 0.122. The molecular formula is C23H27N3O2. The zero-order valence-electron chi connectivity index (χ0n) is 16.3. The van der Waals surface area contributed by atoms with Crippen LogP contribution < -0.4 is 10.6 Å². The first-order chi connectivity index (χ1) is 13.6. The molecule has 146 valence electrons. The van der Waals surface area contributed by atoms with Crippen LogP contribution in [0.3, 0.4) is 0 Å². The predicted octanol–water partition coefficient (Wildman–Crippen LogP) is 4.19. The molecule has 1 aliphatic rings. The van der Waals surface area contributed by atoms with E-state index in [9.17, 15) is 9.59 Å². The standard InChI is InChI=1S/C23H27N3O2/c1-17(19-10-6-3-7-11-19)26-22(27)20-13-15-24-21(16-20)23(28)25-14-12-18-8-4-2-5-9-18/h3,6-8,10-11,13,15-17H,2,4-5,9,12,14H2,1H3,(H,25,28)(H,26,27). The summed E-state index contributed by atoms with van der Waals surface area (Å²) in [5.74, 6) is -0.470. The lowest BCUT2D eigenvalue weighted by Gasteiger charge is -2.15. The van der Waals surface area contributed by atoms with Crippen LogP contribution in [0, 0.1) is 0 Å². The van der Waals surface area contributed by atoms with Crippen LogP contribution in [0.5, 0.6) is 0 Å². The molecule has 28 heavy (non-hydrogen) atoms. The fourth-order valence-corrected chi connectivity index (χ4v) is 3.36. The van der Waals surface area contributed by atoms with Gasteiger partial charge in [-0.05, 0) is 56.7 Å². The van der Waals surface area contributed by atoms with Gasteiger partial charge in [-0.25, -0.2) is 0 Å². The summed E-state index contributed by atoms with van der Waals surface area (Å²) in [5, 5.41) is 5.86. The first-order valence-electron chi connectivity index (χ1n) is 9.91. The largest absolute Gasteiger partial charge is 0.350 e. The van der Waals surface area contributed by atoms with Crippen molar-refractivity contribution in [3.63, 3.8) is 0 Å². The van der Waals surface area contributed by atoms with Gasteiger partial charge in [-0.2, -0.15) is 0 Å². The summed E-state index contributed by atoms with van der Waals surface area (Å²) in [7, 11) is 0. The summed E-state index contributed by atoms with van der Waals surface area (Å²) in [6.07, 6.45) is 9.43. The van der Waals surface area contributed by atoms with Crippen molar-refractivity contribution in [3.8, 4) is 0 Å². The zero-order chi connectivity index (χ0) is 19.8. The highest BCUT2D eigenvalue weighted by Crippen LogP contribution is 2.19. The maximum Gasteiger partial charge on any atom is 0.269 e. The van der Waals surface area contributed by atoms with Gasteiger partial charge in [0.05, 0.1) is 6.04 Å². The van der Waals surface area contributed by atoms with Gasteiger partial charge >= 0.3 is 0 Å². The number of pyridine rings is 1. The van der Waals surface area contributed by atoms with Crippen molar-refractivity contribution in [1.82, 2.24) is 15.6 Å². The Balaban J connectivity index is 1.55. The van der Waals surface area contributed by atoms with Gasteiger partial charge in [0.15, 0.2) is 0 Å². The molecule has 1 atom stereocenters. The topological polar surface area (TPSA) is 71.1 Å². The Labute approximate surface area is 166 Å². The second-order valence-corrected chi connectivity index (χ2v) is 7.15. The Kier molecular flexibility index (Phi) is 6.95. The molecule has 0 saturated carbocycles. The highest BCUT2D eigenvalue weighted by atomic mass is 16.2. The summed E-state index contributed by atoms with van der Waals surface area (Å²) in [6.45, 7) is 2.52. The second-order valence-electron chi connectivity index (χ2n) is 7.15. The minimum atomic E-state index is -0.248. The van der Waals surface area contributed by atoms with Crippen LogP contribution in [0.15, 0.2) is 60.3 Å². The van der Waals surface area contributed by atoms with E-state index < -0.39 is 0 Å². The van der Waals surface area contributed by atoms with E-state index in [4.69, 9.17) is 0 Å². The number of aromatic nitrogens is 1. The van der Waals surface area contributed by atoms with Crippen molar-refractivity contribution in [2.24, 2.45) is 0 Å². The van der Waals surface area contributed by atoms with E-state index in [0.29, 0.717) is 12.1 Å². The number of nitrogens with zero attached hydrogens (tertiary/aromatic N) is 1. The average Bonchev–Trinajstić information content (AvgIpc) is 2.75. The number of carbonyl (C=O) groups excluding carboxylic acids is 2. The van der Waals surface area contributed by atoms with E-state index in [2.05, 4.69) is 21.7 Å². The molecule has 0 spiro atoms. The van der Waals surface area contributed by atoms with Crippen LogP contribution in [-0.4, -0.2) is 23.3 Å². The molecule has 2 N–H and O–H groups in total. The van der Waals surface area contributed by atoms with Gasteiger partial charge in [-0.15, -0.1) is 0 Å². The molecule has 0 radical (unpaired) electrons. The molecule has 1 unspecified atom stereocenters. The van der Waals surface area contributed by atoms with Crippen molar-refractivity contribution >= 4 is 11.8 Å². The van der Waals surface area contributed by atoms with E-state index in [1.807, 2.05) is 37.3 Å². The van der Waals surface area contributed by atoms with Crippen molar-refractivity contribution < 1.29 is 9.59 Å². The first kappa shape index (κ1) is 19.8. The van der Waals surface area contributed by atoms with Crippen molar-refractivity contribution in [2.45, 2.75) is 45.1 Å². The maximum absolute atomic E-state index is 12.5. The molecule has 5 nitrogen and oxygen atoms in total. The number of rotatable bonds is 7. The first-order valence-corrected chi connectivity index (χ1v) is 9.91. The molecule has 1 heterocycles.